The van der Waals surface area contributed by atoms with E-state index in [1.54, 1.807) is 6.92 Å². The van der Waals surface area contributed by atoms with Crippen molar-refractivity contribution < 1.29 is 27.5 Å². The highest BCUT2D eigenvalue weighted by atomic mass is 19.4. The molecule has 1 aromatic heterocycles. The maximum Gasteiger partial charge on any atom is 0.417 e. The SMILES string of the molecule is CCOC(=O)c1cnn(C)c1NC(=O)c1ccccc1C(F)(F)F. The molecule has 0 unspecified atom stereocenters. The maximum absolute atomic E-state index is 13.0. The second-order valence-corrected chi connectivity index (χ2v) is 4.75. The van der Waals surface area contributed by atoms with Crippen LogP contribution in [0.3, 0.4) is 0 Å². The highest BCUT2D eigenvalue weighted by molar-refractivity contribution is 6.08. The Labute approximate surface area is 135 Å². The first-order valence-electron chi connectivity index (χ1n) is 6.92. The Hall–Kier alpha value is -2.84. The summed E-state index contributed by atoms with van der Waals surface area (Å²) in [4.78, 5) is 24.1. The van der Waals surface area contributed by atoms with Crippen LogP contribution >= 0.6 is 0 Å². The lowest BCUT2D eigenvalue weighted by atomic mass is 10.1. The van der Waals surface area contributed by atoms with Crippen molar-refractivity contribution in [2.75, 3.05) is 11.9 Å². The molecule has 0 aliphatic carbocycles. The van der Waals surface area contributed by atoms with Crippen LogP contribution in [0, 0.1) is 0 Å². The summed E-state index contributed by atoms with van der Waals surface area (Å²) in [5.41, 5.74) is -1.67. The van der Waals surface area contributed by atoms with E-state index in [0.29, 0.717) is 0 Å². The monoisotopic (exact) mass is 341 g/mol. The Balaban J connectivity index is 2.36. The van der Waals surface area contributed by atoms with Crippen molar-refractivity contribution in [2.45, 2.75) is 13.1 Å². The summed E-state index contributed by atoms with van der Waals surface area (Å²) in [7, 11) is 1.44. The van der Waals surface area contributed by atoms with Crippen molar-refractivity contribution in [3.05, 3.63) is 47.2 Å². The first kappa shape index (κ1) is 17.5. The number of aryl methyl sites for hydroxylation is 1. The third-order valence-electron chi connectivity index (χ3n) is 3.14. The van der Waals surface area contributed by atoms with Gasteiger partial charge < -0.3 is 10.1 Å². The van der Waals surface area contributed by atoms with Gasteiger partial charge in [-0.25, -0.2) is 4.79 Å². The van der Waals surface area contributed by atoms with E-state index >= 15 is 0 Å². The zero-order valence-corrected chi connectivity index (χ0v) is 12.8. The van der Waals surface area contributed by atoms with E-state index in [1.807, 2.05) is 0 Å². The largest absolute Gasteiger partial charge is 0.462 e. The van der Waals surface area contributed by atoms with Crippen LogP contribution in [0.5, 0.6) is 0 Å². The van der Waals surface area contributed by atoms with Crippen LogP contribution in [-0.2, 0) is 18.0 Å². The Morgan fingerprint density at radius 2 is 1.92 bits per heavy atom. The molecular formula is C15H14F3N3O3. The van der Waals surface area contributed by atoms with Crippen molar-refractivity contribution >= 4 is 17.7 Å². The Kier molecular flexibility index (Phi) is 4.91. The maximum atomic E-state index is 13.0. The zero-order chi connectivity index (χ0) is 17.9. The van der Waals surface area contributed by atoms with E-state index in [0.717, 1.165) is 12.1 Å². The molecule has 1 heterocycles. The smallest absolute Gasteiger partial charge is 0.417 e. The second kappa shape index (κ2) is 6.73. The van der Waals surface area contributed by atoms with Gasteiger partial charge in [-0.05, 0) is 19.1 Å². The number of benzene rings is 1. The van der Waals surface area contributed by atoms with Crippen LogP contribution < -0.4 is 5.32 Å². The van der Waals surface area contributed by atoms with Gasteiger partial charge in [-0.1, -0.05) is 12.1 Å². The van der Waals surface area contributed by atoms with E-state index in [9.17, 15) is 22.8 Å². The number of esters is 1. The molecule has 0 radical (unpaired) electrons. The summed E-state index contributed by atoms with van der Waals surface area (Å²) in [5, 5.41) is 6.10. The van der Waals surface area contributed by atoms with Crippen LogP contribution in [0.2, 0.25) is 0 Å². The molecule has 0 saturated heterocycles. The summed E-state index contributed by atoms with van der Waals surface area (Å²) >= 11 is 0. The van der Waals surface area contributed by atoms with Gasteiger partial charge in [0.05, 0.1) is 23.9 Å². The number of nitrogens with one attached hydrogen (secondary N) is 1. The topological polar surface area (TPSA) is 73.2 Å². The van der Waals surface area contributed by atoms with Crippen LogP contribution in [-0.4, -0.2) is 28.3 Å². The molecule has 0 atom stereocenters. The molecule has 6 nitrogen and oxygen atoms in total. The van der Waals surface area contributed by atoms with Crippen molar-refractivity contribution in [1.29, 1.82) is 0 Å². The van der Waals surface area contributed by atoms with Crippen LogP contribution in [0.4, 0.5) is 19.0 Å². The Bertz CT molecular complexity index is 769. The lowest BCUT2D eigenvalue weighted by molar-refractivity contribution is -0.137. The average Bonchev–Trinajstić information content (AvgIpc) is 2.88. The zero-order valence-electron chi connectivity index (χ0n) is 12.8. The van der Waals surface area contributed by atoms with Gasteiger partial charge in [0.25, 0.3) is 5.91 Å². The van der Waals surface area contributed by atoms with E-state index in [-0.39, 0.29) is 18.0 Å². The number of nitrogens with zero attached hydrogens (tertiary/aromatic N) is 2. The third kappa shape index (κ3) is 3.55. The molecule has 24 heavy (non-hydrogen) atoms. The summed E-state index contributed by atoms with van der Waals surface area (Å²) < 4.78 is 45.0. The minimum atomic E-state index is -4.68. The molecule has 0 aliphatic heterocycles. The summed E-state index contributed by atoms with van der Waals surface area (Å²) in [6, 6.07) is 4.37. The number of ether oxygens (including phenoxy) is 1. The lowest BCUT2D eigenvalue weighted by Gasteiger charge is -2.13. The average molecular weight is 341 g/mol. The third-order valence-corrected chi connectivity index (χ3v) is 3.14. The number of amides is 1. The normalized spacial score (nSPS) is 11.2. The van der Waals surface area contributed by atoms with Gasteiger partial charge >= 0.3 is 12.1 Å². The fraction of sp³-hybridized carbons (Fsp3) is 0.267. The van der Waals surface area contributed by atoms with Gasteiger partial charge in [0, 0.05) is 7.05 Å². The summed E-state index contributed by atoms with van der Waals surface area (Å²) in [5.74, 6) is -1.78. The van der Waals surface area contributed by atoms with E-state index in [1.165, 1.54) is 30.1 Å². The number of hydrogen-bond acceptors (Lipinski definition) is 4. The molecular weight excluding hydrogens is 327 g/mol. The van der Waals surface area contributed by atoms with Gasteiger partial charge in [-0.2, -0.15) is 18.3 Å². The number of carbonyl (C=O) groups excluding carboxylic acids is 2. The van der Waals surface area contributed by atoms with E-state index in [2.05, 4.69) is 10.4 Å². The first-order valence-corrected chi connectivity index (χ1v) is 6.92. The fourth-order valence-electron chi connectivity index (χ4n) is 2.05. The number of alkyl halides is 3. The van der Waals surface area contributed by atoms with Gasteiger partial charge in [-0.15, -0.1) is 0 Å². The molecule has 1 aromatic carbocycles. The quantitative estimate of drug-likeness (QED) is 0.868. The van der Waals surface area contributed by atoms with E-state index < -0.39 is 29.2 Å². The number of carbonyl (C=O) groups is 2. The number of hydrogen-bond donors (Lipinski definition) is 1. The Morgan fingerprint density at radius 1 is 1.25 bits per heavy atom. The summed E-state index contributed by atoms with van der Waals surface area (Å²) in [6.07, 6.45) is -3.51. The molecule has 0 bridgehead atoms. The van der Waals surface area contributed by atoms with Crippen LogP contribution in [0.25, 0.3) is 0 Å². The molecule has 0 spiro atoms. The second-order valence-electron chi connectivity index (χ2n) is 4.75. The predicted octanol–water partition coefficient (Wildman–Crippen LogP) is 2.87. The molecule has 9 heteroatoms. The van der Waals surface area contributed by atoms with Gasteiger partial charge in [-0.3, -0.25) is 9.48 Å². The van der Waals surface area contributed by atoms with Gasteiger partial charge in [0.2, 0.25) is 0 Å². The van der Waals surface area contributed by atoms with Gasteiger partial charge in [0.1, 0.15) is 11.4 Å². The minimum Gasteiger partial charge on any atom is -0.462 e. The fourth-order valence-corrected chi connectivity index (χ4v) is 2.05. The predicted molar refractivity (Wildman–Crippen MR) is 78.6 cm³/mol. The van der Waals surface area contributed by atoms with Crippen molar-refractivity contribution in [3.8, 4) is 0 Å². The number of halogens is 3. The number of rotatable bonds is 4. The van der Waals surface area contributed by atoms with E-state index in [4.69, 9.17) is 4.74 Å². The van der Waals surface area contributed by atoms with Crippen LogP contribution in [0.15, 0.2) is 30.5 Å². The number of anilines is 1. The van der Waals surface area contributed by atoms with Crippen LogP contribution in [0.1, 0.15) is 33.2 Å². The molecule has 2 aromatic rings. The van der Waals surface area contributed by atoms with Crippen molar-refractivity contribution in [2.24, 2.45) is 7.05 Å². The summed E-state index contributed by atoms with van der Waals surface area (Å²) in [6.45, 7) is 1.71. The molecule has 128 valence electrons. The highest BCUT2D eigenvalue weighted by Gasteiger charge is 2.35. The minimum absolute atomic E-state index is 0.0443. The number of aromatic nitrogens is 2. The molecule has 0 fully saturated rings. The lowest BCUT2D eigenvalue weighted by Crippen LogP contribution is -2.21. The molecule has 0 aliphatic rings. The molecule has 1 N–H and O–H groups in total. The molecule has 1 amide bonds. The molecule has 0 saturated carbocycles. The molecule has 2 rings (SSSR count). The highest BCUT2D eigenvalue weighted by Crippen LogP contribution is 2.32. The van der Waals surface area contributed by atoms with Gasteiger partial charge in [0.15, 0.2) is 0 Å². The van der Waals surface area contributed by atoms with Crippen molar-refractivity contribution in [1.82, 2.24) is 9.78 Å². The Morgan fingerprint density at radius 3 is 2.54 bits per heavy atom. The van der Waals surface area contributed by atoms with Crippen molar-refractivity contribution in [3.63, 3.8) is 0 Å². The first-order chi connectivity index (χ1) is 11.3. The standard InChI is InChI=1S/C15H14F3N3O3/c1-3-24-14(23)10-8-19-21(2)12(10)20-13(22)9-6-4-5-7-11(9)15(16,17)18/h4-8H,3H2,1-2H3,(H,20,22).